The Hall–Kier alpha value is -1.67. The van der Waals surface area contributed by atoms with Gasteiger partial charge in [-0.2, -0.15) is 0 Å². The van der Waals surface area contributed by atoms with E-state index in [-0.39, 0.29) is 26.3 Å². The zero-order valence-corrected chi connectivity index (χ0v) is 9.14. The number of carbonyl (C=O) groups excluding carboxylic acids is 2. The van der Waals surface area contributed by atoms with Crippen LogP contribution in [-0.2, 0) is 19.1 Å². The third kappa shape index (κ3) is 4.00. The zero-order chi connectivity index (χ0) is 12.8. The molecule has 2 amide bonds. The SMILES string of the molecule is NCC(=O)NCC(=O)NC1COCC1C(=O)O. The van der Waals surface area contributed by atoms with Gasteiger partial charge in [0, 0.05) is 0 Å². The van der Waals surface area contributed by atoms with E-state index in [4.69, 9.17) is 15.6 Å². The molecule has 0 aromatic heterocycles. The number of hydrogen-bond donors (Lipinski definition) is 4. The van der Waals surface area contributed by atoms with E-state index in [0.29, 0.717) is 0 Å². The summed E-state index contributed by atoms with van der Waals surface area (Å²) in [5.41, 5.74) is 5.04. The lowest BCUT2D eigenvalue weighted by molar-refractivity contribution is -0.142. The predicted molar refractivity (Wildman–Crippen MR) is 55.9 cm³/mol. The van der Waals surface area contributed by atoms with Gasteiger partial charge in [0.2, 0.25) is 11.8 Å². The Morgan fingerprint density at radius 2 is 2.00 bits per heavy atom. The molecule has 2 unspecified atom stereocenters. The van der Waals surface area contributed by atoms with E-state index in [2.05, 4.69) is 10.6 Å². The Morgan fingerprint density at radius 1 is 1.29 bits per heavy atom. The summed E-state index contributed by atoms with van der Waals surface area (Å²) >= 11 is 0. The summed E-state index contributed by atoms with van der Waals surface area (Å²) in [4.78, 5) is 33.0. The van der Waals surface area contributed by atoms with E-state index in [1.165, 1.54) is 0 Å². The number of carboxylic acid groups (broad SMARTS) is 1. The number of aliphatic carboxylic acids is 1. The van der Waals surface area contributed by atoms with Crippen LogP contribution in [0.4, 0.5) is 0 Å². The Labute approximate surface area is 97.5 Å². The molecule has 1 rings (SSSR count). The number of ether oxygens (including phenoxy) is 1. The molecular formula is C9H15N3O5. The summed E-state index contributed by atoms with van der Waals surface area (Å²) in [7, 11) is 0. The predicted octanol–water partition coefficient (Wildman–Crippen LogP) is -2.72. The molecule has 0 aromatic rings. The van der Waals surface area contributed by atoms with Crippen LogP contribution in [0.5, 0.6) is 0 Å². The van der Waals surface area contributed by atoms with Crippen LogP contribution < -0.4 is 16.4 Å². The molecular weight excluding hydrogens is 230 g/mol. The van der Waals surface area contributed by atoms with Gasteiger partial charge in [-0.3, -0.25) is 14.4 Å². The van der Waals surface area contributed by atoms with Crippen molar-refractivity contribution in [1.82, 2.24) is 10.6 Å². The maximum absolute atomic E-state index is 11.4. The first-order chi connectivity index (χ1) is 8.04. The molecule has 0 aromatic carbocycles. The maximum atomic E-state index is 11.4. The van der Waals surface area contributed by atoms with E-state index >= 15 is 0 Å². The van der Waals surface area contributed by atoms with Gasteiger partial charge >= 0.3 is 5.97 Å². The monoisotopic (exact) mass is 245 g/mol. The quantitative estimate of drug-likeness (QED) is 0.416. The van der Waals surface area contributed by atoms with Crippen LogP contribution in [0.3, 0.4) is 0 Å². The summed E-state index contributed by atoms with van der Waals surface area (Å²) in [6.45, 7) is -0.181. The minimum Gasteiger partial charge on any atom is -0.481 e. The Kier molecular flexibility index (Phi) is 4.85. The molecule has 5 N–H and O–H groups in total. The summed E-state index contributed by atoms with van der Waals surface area (Å²) < 4.78 is 4.98. The number of amides is 2. The molecule has 0 spiro atoms. The van der Waals surface area contributed by atoms with Crippen molar-refractivity contribution < 1.29 is 24.2 Å². The summed E-state index contributed by atoms with van der Waals surface area (Å²) in [6, 6.07) is -0.560. The molecule has 1 aliphatic rings. The van der Waals surface area contributed by atoms with E-state index in [0.717, 1.165) is 0 Å². The number of carbonyl (C=O) groups is 3. The van der Waals surface area contributed by atoms with Crippen LogP contribution in [-0.4, -0.2) is 55.2 Å². The lowest BCUT2D eigenvalue weighted by Gasteiger charge is -2.15. The van der Waals surface area contributed by atoms with Crippen molar-refractivity contribution in [2.45, 2.75) is 6.04 Å². The van der Waals surface area contributed by atoms with Crippen molar-refractivity contribution in [2.75, 3.05) is 26.3 Å². The van der Waals surface area contributed by atoms with Gasteiger partial charge < -0.3 is 26.2 Å². The molecule has 2 atom stereocenters. The Balaban J connectivity index is 2.35. The number of nitrogens with one attached hydrogen (secondary N) is 2. The number of nitrogens with two attached hydrogens (primary N) is 1. The van der Waals surface area contributed by atoms with Crippen LogP contribution in [0.15, 0.2) is 0 Å². The van der Waals surface area contributed by atoms with Crippen LogP contribution in [0.1, 0.15) is 0 Å². The second-order valence-corrected chi connectivity index (χ2v) is 3.64. The zero-order valence-electron chi connectivity index (χ0n) is 9.14. The molecule has 0 bridgehead atoms. The first kappa shape index (κ1) is 13.4. The van der Waals surface area contributed by atoms with E-state index in [9.17, 15) is 14.4 Å². The van der Waals surface area contributed by atoms with Gasteiger partial charge in [0.1, 0.15) is 5.92 Å². The smallest absolute Gasteiger partial charge is 0.311 e. The molecule has 17 heavy (non-hydrogen) atoms. The minimum absolute atomic E-state index is 0.0788. The summed E-state index contributed by atoms with van der Waals surface area (Å²) in [5, 5.41) is 13.6. The highest BCUT2D eigenvalue weighted by Gasteiger charge is 2.34. The van der Waals surface area contributed by atoms with Gasteiger partial charge in [-0.1, -0.05) is 0 Å². The lowest BCUT2D eigenvalue weighted by atomic mass is 10.0. The van der Waals surface area contributed by atoms with Gasteiger partial charge in [-0.05, 0) is 0 Å². The van der Waals surface area contributed by atoms with Gasteiger partial charge in [0.25, 0.3) is 0 Å². The third-order valence-corrected chi connectivity index (χ3v) is 2.38. The molecule has 1 fully saturated rings. The van der Waals surface area contributed by atoms with Crippen molar-refractivity contribution in [3.05, 3.63) is 0 Å². The first-order valence-electron chi connectivity index (χ1n) is 5.11. The average Bonchev–Trinajstić information content (AvgIpc) is 2.74. The highest BCUT2D eigenvalue weighted by molar-refractivity contribution is 5.86. The fourth-order valence-corrected chi connectivity index (χ4v) is 1.45. The first-order valence-corrected chi connectivity index (χ1v) is 5.11. The molecule has 0 aliphatic carbocycles. The van der Waals surface area contributed by atoms with Crippen LogP contribution in [0.2, 0.25) is 0 Å². The lowest BCUT2D eigenvalue weighted by Crippen LogP contribution is -2.47. The van der Waals surface area contributed by atoms with E-state index in [1.54, 1.807) is 0 Å². The van der Waals surface area contributed by atoms with Crippen LogP contribution >= 0.6 is 0 Å². The summed E-state index contributed by atoms with van der Waals surface area (Å²) in [5.74, 6) is -2.67. The van der Waals surface area contributed by atoms with Crippen LogP contribution in [0, 0.1) is 5.92 Å². The second-order valence-electron chi connectivity index (χ2n) is 3.64. The highest BCUT2D eigenvalue weighted by Crippen LogP contribution is 2.13. The minimum atomic E-state index is -1.02. The fourth-order valence-electron chi connectivity index (χ4n) is 1.45. The molecule has 1 heterocycles. The number of rotatable bonds is 5. The topological polar surface area (TPSA) is 131 Å². The molecule has 1 saturated heterocycles. The largest absolute Gasteiger partial charge is 0.481 e. The average molecular weight is 245 g/mol. The summed E-state index contributed by atoms with van der Waals surface area (Å²) in [6.07, 6.45) is 0. The van der Waals surface area contributed by atoms with Crippen molar-refractivity contribution >= 4 is 17.8 Å². The molecule has 0 saturated carbocycles. The molecule has 8 heteroatoms. The van der Waals surface area contributed by atoms with Crippen molar-refractivity contribution in [3.63, 3.8) is 0 Å². The van der Waals surface area contributed by atoms with Gasteiger partial charge in [0.15, 0.2) is 0 Å². The Morgan fingerprint density at radius 3 is 2.59 bits per heavy atom. The Bertz CT molecular complexity index is 320. The fraction of sp³-hybridized carbons (Fsp3) is 0.667. The van der Waals surface area contributed by atoms with Gasteiger partial charge in [-0.25, -0.2) is 0 Å². The normalized spacial score (nSPS) is 23.1. The van der Waals surface area contributed by atoms with Gasteiger partial charge in [0.05, 0.1) is 32.3 Å². The maximum Gasteiger partial charge on any atom is 0.311 e. The van der Waals surface area contributed by atoms with Crippen LogP contribution in [0.25, 0.3) is 0 Å². The molecule has 8 nitrogen and oxygen atoms in total. The highest BCUT2D eigenvalue weighted by atomic mass is 16.5. The standard InChI is InChI=1S/C9H15N3O5/c10-1-7(13)11-2-8(14)12-6-4-17-3-5(6)9(15)16/h5-6H,1-4,10H2,(H,11,13)(H,12,14)(H,15,16). The van der Waals surface area contributed by atoms with E-state index < -0.39 is 29.7 Å². The number of hydrogen-bond acceptors (Lipinski definition) is 5. The number of carboxylic acids is 1. The van der Waals surface area contributed by atoms with Gasteiger partial charge in [-0.15, -0.1) is 0 Å². The van der Waals surface area contributed by atoms with E-state index in [1.807, 2.05) is 0 Å². The second kappa shape index (κ2) is 6.16. The third-order valence-electron chi connectivity index (χ3n) is 2.38. The molecule has 1 aliphatic heterocycles. The van der Waals surface area contributed by atoms with Crippen molar-refractivity contribution in [1.29, 1.82) is 0 Å². The van der Waals surface area contributed by atoms with Crippen molar-refractivity contribution in [2.24, 2.45) is 11.7 Å². The van der Waals surface area contributed by atoms with Crippen molar-refractivity contribution in [3.8, 4) is 0 Å². The molecule has 0 radical (unpaired) electrons. The molecule has 96 valence electrons.